The van der Waals surface area contributed by atoms with Gasteiger partial charge in [0.1, 0.15) is 0 Å². The van der Waals surface area contributed by atoms with Crippen LogP contribution in [0.2, 0.25) is 0 Å². The van der Waals surface area contributed by atoms with Crippen molar-refractivity contribution in [2.45, 2.75) is 6.92 Å². The van der Waals surface area contributed by atoms with Crippen LogP contribution in [0.5, 0.6) is 5.88 Å². The maximum Gasteiger partial charge on any atom is 0.213 e. The summed E-state index contributed by atoms with van der Waals surface area (Å²) in [7, 11) is 1.64. The van der Waals surface area contributed by atoms with Gasteiger partial charge in [-0.25, -0.2) is 4.98 Å². The summed E-state index contributed by atoms with van der Waals surface area (Å²) < 4.78 is 5.15. The number of hydrogen-bond acceptors (Lipinski definition) is 2. The molecule has 0 aliphatic heterocycles. The standard InChI is InChI=1S/C13H13NO/c1-10-8-12(14-13(9-10)15-2)11-6-4-3-5-7-11/h3-9H,1-2H3. The minimum absolute atomic E-state index is 0.661. The molecule has 0 bridgehead atoms. The van der Waals surface area contributed by atoms with E-state index in [2.05, 4.69) is 11.1 Å². The van der Waals surface area contributed by atoms with Crippen LogP contribution in [0, 0.1) is 6.92 Å². The average Bonchev–Trinajstić information content (AvgIpc) is 2.29. The highest BCUT2D eigenvalue weighted by Gasteiger charge is 2.02. The Morgan fingerprint density at radius 2 is 1.80 bits per heavy atom. The molecule has 0 spiro atoms. The molecule has 2 nitrogen and oxygen atoms in total. The van der Waals surface area contributed by atoms with Crippen LogP contribution in [0.4, 0.5) is 0 Å². The van der Waals surface area contributed by atoms with Gasteiger partial charge >= 0.3 is 0 Å². The van der Waals surface area contributed by atoms with Gasteiger partial charge in [-0.1, -0.05) is 30.3 Å². The Hall–Kier alpha value is -1.83. The quantitative estimate of drug-likeness (QED) is 0.741. The van der Waals surface area contributed by atoms with Gasteiger partial charge in [0.25, 0.3) is 0 Å². The molecule has 0 saturated heterocycles. The second kappa shape index (κ2) is 4.13. The Balaban J connectivity index is 2.49. The molecule has 0 saturated carbocycles. The van der Waals surface area contributed by atoms with Crippen LogP contribution in [0.1, 0.15) is 5.56 Å². The largest absolute Gasteiger partial charge is 0.481 e. The second-order valence-electron chi connectivity index (χ2n) is 3.44. The summed E-state index contributed by atoms with van der Waals surface area (Å²) in [6.07, 6.45) is 0. The normalized spacial score (nSPS) is 10.0. The lowest BCUT2D eigenvalue weighted by atomic mass is 10.1. The number of methoxy groups -OCH3 is 1. The Morgan fingerprint density at radius 1 is 1.07 bits per heavy atom. The first kappa shape index (κ1) is 9.71. The van der Waals surface area contributed by atoms with E-state index in [0.29, 0.717) is 5.88 Å². The molecule has 2 aromatic rings. The lowest BCUT2D eigenvalue weighted by Crippen LogP contribution is -1.91. The van der Waals surface area contributed by atoms with Crippen LogP contribution >= 0.6 is 0 Å². The number of rotatable bonds is 2. The van der Waals surface area contributed by atoms with E-state index in [-0.39, 0.29) is 0 Å². The molecule has 0 aliphatic rings. The van der Waals surface area contributed by atoms with Crippen molar-refractivity contribution in [2.75, 3.05) is 7.11 Å². The molecule has 1 heterocycles. The Morgan fingerprint density at radius 3 is 2.47 bits per heavy atom. The van der Waals surface area contributed by atoms with E-state index in [9.17, 15) is 0 Å². The fraction of sp³-hybridized carbons (Fsp3) is 0.154. The zero-order valence-electron chi connectivity index (χ0n) is 8.90. The molecule has 0 fully saturated rings. The number of nitrogens with zero attached hydrogens (tertiary/aromatic N) is 1. The van der Waals surface area contributed by atoms with Crippen molar-refractivity contribution in [1.82, 2.24) is 4.98 Å². The monoisotopic (exact) mass is 199 g/mol. The lowest BCUT2D eigenvalue weighted by Gasteiger charge is -2.05. The summed E-state index contributed by atoms with van der Waals surface area (Å²) >= 11 is 0. The molecular formula is C13H13NO. The van der Waals surface area contributed by atoms with Crippen molar-refractivity contribution in [2.24, 2.45) is 0 Å². The molecule has 0 radical (unpaired) electrons. The van der Waals surface area contributed by atoms with E-state index >= 15 is 0 Å². The van der Waals surface area contributed by atoms with Crippen LogP contribution < -0.4 is 4.74 Å². The molecule has 15 heavy (non-hydrogen) atoms. The predicted molar refractivity (Wildman–Crippen MR) is 61.0 cm³/mol. The van der Waals surface area contributed by atoms with Crippen LogP contribution in [0.25, 0.3) is 11.3 Å². The van der Waals surface area contributed by atoms with Crippen LogP contribution in [0.3, 0.4) is 0 Å². The second-order valence-corrected chi connectivity index (χ2v) is 3.44. The van der Waals surface area contributed by atoms with Crippen molar-refractivity contribution in [3.8, 4) is 17.1 Å². The number of pyridine rings is 1. The molecule has 2 rings (SSSR count). The van der Waals surface area contributed by atoms with Crippen molar-refractivity contribution in [3.63, 3.8) is 0 Å². The minimum Gasteiger partial charge on any atom is -0.481 e. The van der Waals surface area contributed by atoms with E-state index in [4.69, 9.17) is 4.74 Å². The minimum atomic E-state index is 0.661. The van der Waals surface area contributed by atoms with Crippen molar-refractivity contribution >= 4 is 0 Å². The fourth-order valence-corrected chi connectivity index (χ4v) is 1.50. The highest BCUT2D eigenvalue weighted by Crippen LogP contribution is 2.21. The summed E-state index contributed by atoms with van der Waals surface area (Å²) in [4.78, 5) is 4.40. The first-order valence-electron chi connectivity index (χ1n) is 4.87. The van der Waals surface area contributed by atoms with Crippen LogP contribution in [0.15, 0.2) is 42.5 Å². The topological polar surface area (TPSA) is 22.1 Å². The van der Waals surface area contributed by atoms with Gasteiger partial charge in [0.15, 0.2) is 0 Å². The number of hydrogen-bond donors (Lipinski definition) is 0. The van der Waals surface area contributed by atoms with Crippen LogP contribution in [-0.2, 0) is 0 Å². The molecule has 1 aromatic carbocycles. The van der Waals surface area contributed by atoms with Crippen molar-refractivity contribution < 1.29 is 4.74 Å². The van der Waals surface area contributed by atoms with Crippen LogP contribution in [-0.4, -0.2) is 12.1 Å². The van der Waals surface area contributed by atoms with Gasteiger partial charge in [-0.15, -0.1) is 0 Å². The van der Waals surface area contributed by atoms with E-state index in [1.807, 2.05) is 43.3 Å². The first-order valence-corrected chi connectivity index (χ1v) is 4.87. The third-order valence-corrected chi connectivity index (χ3v) is 2.22. The van der Waals surface area contributed by atoms with Gasteiger partial charge in [-0.3, -0.25) is 0 Å². The van der Waals surface area contributed by atoms with E-state index in [1.165, 1.54) is 0 Å². The summed E-state index contributed by atoms with van der Waals surface area (Å²) in [6, 6.07) is 14.1. The summed E-state index contributed by atoms with van der Waals surface area (Å²) in [5.74, 6) is 0.661. The summed E-state index contributed by atoms with van der Waals surface area (Å²) in [5, 5.41) is 0. The van der Waals surface area contributed by atoms with E-state index < -0.39 is 0 Å². The van der Waals surface area contributed by atoms with Gasteiger partial charge in [-0.2, -0.15) is 0 Å². The SMILES string of the molecule is COc1cc(C)cc(-c2ccccc2)n1. The van der Waals surface area contributed by atoms with Gasteiger partial charge in [-0.05, 0) is 18.6 Å². The molecular weight excluding hydrogens is 186 g/mol. The Kier molecular flexibility index (Phi) is 2.68. The third-order valence-electron chi connectivity index (χ3n) is 2.22. The smallest absolute Gasteiger partial charge is 0.213 e. The van der Waals surface area contributed by atoms with Gasteiger partial charge in [0, 0.05) is 11.6 Å². The third kappa shape index (κ3) is 2.15. The number of benzene rings is 1. The Labute approximate surface area is 89.6 Å². The zero-order chi connectivity index (χ0) is 10.7. The maximum atomic E-state index is 5.15. The lowest BCUT2D eigenvalue weighted by molar-refractivity contribution is 0.398. The van der Waals surface area contributed by atoms with Gasteiger partial charge in [0.05, 0.1) is 12.8 Å². The molecule has 76 valence electrons. The number of aryl methyl sites for hydroxylation is 1. The molecule has 0 amide bonds. The zero-order valence-corrected chi connectivity index (χ0v) is 8.90. The number of ether oxygens (including phenoxy) is 1. The molecule has 0 N–H and O–H groups in total. The average molecular weight is 199 g/mol. The molecule has 0 atom stereocenters. The summed E-state index contributed by atoms with van der Waals surface area (Å²) in [6.45, 7) is 2.04. The maximum absolute atomic E-state index is 5.15. The summed E-state index contributed by atoms with van der Waals surface area (Å²) in [5.41, 5.74) is 3.22. The first-order chi connectivity index (χ1) is 7.29. The van der Waals surface area contributed by atoms with Crippen molar-refractivity contribution in [1.29, 1.82) is 0 Å². The van der Waals surface area contributed by atoms with Gasteiger partial charge in [0.2, 0.25) is 5.88 Å². The highest BCUT2D eigenvalue weighted by molar-refractivity contribution is 5.60. The van der Waals surface area contributed by atoms with Crippen molar-refractivity contribution in [3.05, 3.63) is 48.0 Å². The number of aromatic nitrogens is 1. The fourth-order valence-electron chi connectivity index (χ4n) is 1.50. The predicted octanol–water partition coefficient (Wildman–Crippen LogP) is 3.07. The van der Waals surface area contributed by atoms with E-state index in [1.54, 1.807) is 7.11 Å². The van der Waals surface area contributed by atoms with Gasteiger partial charge < -0.3 is 4.74 Å². The molecule has 2 heteroatoms. The van der Waals surface area contributed by atoms with E-state index in [0.717, 1.165) is 16.8 Å². The molecule has 0 aliphatic carbocycles. The molecule has 0 unspecified atom stereocenters. The molecule has 1 aromatic heterocycles. The Bertz CT molecular complexity index is 451. The highest BCUT2D eigenvalue weighted by atomic mass is 16.5.